The zero-order chi connectivity index (χ0) is 68.9. The molecule has 28 heteroatoms. The number of hydrogen-bond donors (Lipinski definition) is 10. The van der Waals surface area contributed by atoms with Gasteiger partial charge in [-0.05, 0) is 172 Å². The number of alkyl halides is 7. The summed E-state index contributed by atoms with van der Waals surface area (Å²) in [6.07, 6.45) is 2.49. The van der Waals surface area contributed by atoms with Crippen molar-refractivity contribution in [2.75, 3.05) is 34.6 Å². The van der Waals surface area contributed by atoms with Crippen LogP contribution in [0.25, 0.3) is 0 Å². The van der Waals surface area contributed by atoms with E-state index in [2.05, 4.69) is 50.1 Å². The maximum Gasteiger partial charge on any atom is 0.471 e. The molecule has 93 heavy (non-hydrogen) atoms. The second-order valence-electron chi connectivity index (χ2n) is 28.1. The fourth-order valence-electron chi connectivity index (χ4n) is 19.0. The van der Waals surface area contributed by atoms with Crippen LogP contribution in [0.1, 0.15) is 155 Å². The van der Waals surface area contributed by atoms with Crippen LogP contribution in [0.2, 0.25) is 0 Å². The lowest BCUT2D eigenvalue weighted by atomic mass is 9.45. The molecule has 6 saturated carbocycles. The zero-order valence-electron chi connectivity index (χ0n) is 54.1. The average Bonchev–Trinajstić information content (AvgIpc) is 1.41. The first kappa shape index (κ1) is 71.1. The Balaban J connectivity index is 0.000000181. The van der Waals surface area contributed by atoms with Crippen LogP contribution in [-0.4, -0.2) is 172 Å². The molecular weight excluding hydrogens is 1240 g/mol. The Morgan fingerprint density at radius 3 is 1.49 bits per heavy atom. The van der Waals surface area contributed by atoms with Gasteiger partial charge in [-0.2, -0.15) is 36.9 Å². The molecule has 4 heterocycles. The molecule has 522 valence electrons. The predicted octanol–water partition coefficient (Wildman–Crippen LogP) is 6.17. The first-order valence-electron chi connectivity index (χ1n) is 32.7. The minimum atomic E-state index is -5.13. The Bertz CT molecular complexity index is 3140. The number of hydrogen-bond acceptors (Lipinski definition) is 19. The van der Waals surface area contributed by atoms with Gasteiger partial charge in [0.15, 0.2) is 12.5 Å². The van der Waals surface area contributed by atoms with E-state index in [1.807, 2.05) is 12.1 Å². The van der Waals surface area contributed by atoms with Crippen LogP contribution < -0.4 is 27.4 Å². The number of nitrogens with zero attached hydrogens (tertiary/aromatic N) is 1. The summed E-state index contributed by atoms with van der Waals surface area (Å²) in [6.45, 7) is 8.24. The minimum absolute atomic E-state index is 0.0993. The SMILES string of the molecule is CON(C1OC[C@H](NC(=O)C(F)(F)F)[C@H](O)[C@@H]1O)[C@@H]1C=C2CCC3C(CC[C@]4(C)[C@@H](c5ccc(=O)oc5)CC[C@]34O)[C@@]2(C)CC1.CON[C@@H]1C=C2CCC3C(CC[C@]4(C)[C@@H](c5ccc(=O)oc5)CC[C@]34O)[C@@]2(C)CC1.O=C(N[C@H]1COC(O)[C@@H](O)[C@H]1O)C(F)(F)F.[2H]CF. The summed E-state index contributed by atoms with van der Waals surface area (Å²) in [6, 6.07) is 3.82. The third-order valence-electron chi connectivity index (χ3n) is 24.0. The van der Waals surface area contributed by atoms with E-state index in [1.54, 1.807) is 30.5 Å². The molecule has 2 aliphatic heterocycles. The summed E-state index contributed by atoms with van der Waals surface area (Å²) in [5, 5.41) is 78.0. The van der Waals surface area contributed by atoms with Crippen LogP contribution in [0.4, 0.5) is 30.7 Å². The van der Waals surface area contributed by atoms with Gasteiger partial charge in [0.05, 0.1) is 83.9 Å². The summed E-state index contributed by atoms with van der Waals surface area (Å²) in [5.74, 6) is -2.87. The molecule has 2 aromatic heterocycles. The normalized spacial score (nSPS) is 41.9. The molecule has 21 nitrogen and oxygen atoms in total. The molecule has 10 aliphatic rings. The summed E-state index contributed by atoms with van der Waals surface area (Å²) in [7, 11) is 2.10. The molecule has 12 rings (SSSR count). The van der Waals surface area contributed by atoms with Gasteiger partial charge < -0.3 is 69.5 Å². The van der Waals surface area contributed by atoms with E-state index in [0.717, 1.165) is 101 Å². The monoisotopic (exact) mass is 1330 g/mol. The van der Waals surface area contributed by atoms with Crippen LogP contribution in [0.5, 0.6) is 0 Å². The number of ether oxygens (including phenoxy) is 2. The number of halogens is 7. The number of hydroxylamine groups is 3. The average molecular weight is 1330 g/mol. The van der Waals surface area contributed by atoms with Crippen LogP contribution in [0.15, 0.2) is 78.5 Å². The number of aliphatic hydroxyl groups is 7. The van der Waals surface area contributed by atoms with Crippen LogP contribution in [-0.2, 0) is 28.7 Å². The van der Waals surface area contributed by atoms with E-state index in [0.29, 0.717) is 30.7 Å². The van der Waals surface area contributed by atoms with Crippen molar-refractivity contribution < 1.29 is 105 Å². The molecule has 22 atom stereocenters. The molecule has 2 saturated heterocycles. The van der Waals surface area contributed by atoms with Gasteiger partial charge in [-0.1, -0.05) is 51.0 Å². The van der Waals surface area contributed by atoms with E-state index in [4.69, 9.17) is 34.8 Å². The van der Waals surface area contributed by atoms with Gasteiger partial charge in [-0.15, -0.1) is 0 Å². The van der Waals surface area contributed by atoms with Gasteiger partial charge in [0.25, 0.3) is 0 Å². The minimum Gasteiger partial charge on any atom is -0.431 e. The predicted molar refractivity (Wildman–Crippen MR) is 317 cm³/mol. The van der Waals surface area contributed by atoms with E-state index in [-0.39, 0.29) is 62.6 Å². The first-order valence-corrected chi connectivity index (χ1v) is 32.0. The third kappa shape index (κ3) is 13.3. The zero-order valence-corrected chi connectivity index (χ0v) is 53.1. The maximum absolute atomic E-state index is 12.7. The van der Waals surface area contributed by atoms with Crippen molar-refractivity contribution in [3.05, 3.63) is 92.1 Å². The van der Waals surface area contributed by atoms with Crippen molar-refractivity contribution >= 4 is 11.8 Å². The summed E-state index contributed by atoms with van der Waals surface area (Å²) in [5.41, 5.74) is 5.29. The fraction of sp³-hybridized carbons (Fsp3) is 0.754. The number of nitrogens with one attached hydrogen (secondary N) is 3. The highest BCUT2D eigenvalue weighted by molar-refractivity contribution is 5.82. The van der Waals surface area contributed by atoms with Crippen LogP contribution in [0, 0.1) is 45.3 Å². The molecule has 2 aromatic rings. The smallest absolute Gasteiger partial charge is 0.431 e. The summed E-state index contributed by atoms with van der Waals surface area (Å²) < 4.78 is 110. The number of rotatable bonds is 9. The Morgan fingerprint density at radius 2 is 1.05 bits per heavy atom. The molecule has 6 unspecified atom stereocenters. The van der Waals surface area contributed by atoms with Crippen molar-refractivity contribution in [1.82, 2.24) is 21.2 Å². The molecule has 0 spiro atoms. The van der Waals surface area contributed by atoms with Gasteiger partial charge in [-0.25, -0.2) is 9.59 Å². The number of amides is 2. The standard InChI is InChI=1S/C32H43F3N2O8.C25H35NO4.C7H10F3NO5.CH3F/c1-29-11-8-19(37(43-3)27-26(40)25(39)23(16-45-27)36-28(41)32(33,34)35)14-18(29)5-6-22-21(29)9-12-30(2)20(10-13-31(22,30)42)17-4-7-24(38)44-15-17;1-23-11-8-18(26-29-3)14-17(23)5-6-21-20(23)9-12-24(2)19(10-13-25(21,24)28)16-4-7-22(27)30-15-16;8-7(9,10)6(15)11-2-1-16-5(14)4(13)3(2)12;1-2/h4,7,14-15,19-23,25-27,39-40,42H,5-6,8-13,16H2,1-3H3,(H,36,41);4,7,14-15,18-21,26,28H,5-6,8-13H2,1-3H3;2-5,12-14H,1H2,(H,11,15);1H3/t19-,20+,21?,22?,23-,25-,26-,27?,29-,30+,31-;18-,19+,20?,21?,23-,24+,25-;2-,3-,4-,5?;/m000./s1/i;;;1D. The Morgan fingerprint density at radius 1 is 0.602 bits per heavy atom. The lowest BCUT2D eigenvalue weighted by molar-refractivity contribution is -0.306. The third-order valence-corrected chi connectivity index (χ3v) is 24.0. The quantitative estimate of drug-likeness (QED) is 0.0762. The van der Waals surface area contributed by atoms with E-state index in [1.165, 1.54) is 35.2 Å². The number of allylic oxidation sites excluding steroid dienone is 2. The van der Waals surface area contributed by atoms with E-state index < -0.39 is 105 Å². The van der Waals surface area contributed by atoms with Gasteiger partial charge in [0.2, 0.25) is 0 Å². The lowest BCUT2D eigenvalue weighted by Gasteiger charge is -2.62. The van der Waals surface area contributed by atoms with Crippen molar-refractivity contribution in [3.63, 3.8) is 0 Å². The Kier molecular flexibility index (Phi) is 21.2. The van der Waals surface area contributed by atoms with Gasteiger partial charge >= 0.3 is 35.4 Å². The molecular formula is C65H91F7N4O17. The van der Waals surface area contributed by atoms with Crippen LogP contribution >= 0.6 is 0 Å². The molecule has 8 aliphatic carbocycles. The number of aliphatic hydroxyl groups excluding tert-OH is 5. The first-order chi connectivity index (χ1) is 44.1. The summed E-state index contributed by atoms with van der Waals surface area (Å²) in [4.78, 5) is 55.8. The Hall–Kier alpha value is -4.69. The largest absolute Gasteiger partial charge is 0.471 e. The fourth-order valence-corrected chi connectivity index (χ4v) is 19.0. The number of fused-ring (bicyclic) bond motifs is 10. The number of carbonyl (C=O) groups excluding carboxylic acids is 2. The highest BCUT2D eigenvalue weighted by Crippen LogP contribution is 2.72. The molecule has 0 aromatic carbocycles. The van der Waals surface area contributed by atoms with Crippen molar-refractivity contribution in [2.45, 2.75) is 227 Å². The van der Waals surface area contributed by atoms with Crippen molar-refractivity contribution in [2.24, 2.45) is 45.3 Å². The van der Waals surface area contributed by atoms with Gasteiger partial charge in [-0.3, -0.25) is 18.8 Å². The second kappa shape index (κ2) is 27.7. The topological polar surface area (TPSA) is 312 Å². The van der Waals surface area contributed by atoms with E-state index >= 15 is 0 Å². The second-order valence-corrected chi connectivity index (χ2v) is 28.1. The maximum atomic E-state index is 12.7. The highest BCUT2D eigenvalue weighted by atomic mass is 19.4. The van der Waals surface area contributed by atoms with Crippen LogP contribution in [0.3, 0.4) is 0 Å². The highest BCUT2D eigenvalue weighted by Gasteiger charge is 2.69. The number of carbonyl (C=O) groups is 2. The molecule has 8 fully saturated rings. The Labute approximate surface area is 535 Å². The molecule has 10 N–H and O–H groups in total. The summed E-state index contributed by atoms with van der Waals surface area (Å²) >= 11 is 0. The molecule has 0 bridgehead atoms. The molecule has 2 amide bonds. The van der Waals surface area contributed by atoms with Gasteiger partial charge in [0.1, 0.15) is 24.4 Å². The van der Waals surface area contributed by atoms with Crippen molar-refractivity contribution in [3.8, 4) is 0 Å². The molecule has 0 radical (unpaired) electrons. The van der Waals surface area contributed by atoms with Gasteiger partial charge in [0, 0.05) is 23.0 Å². The lowest BCUT2D eigenvalue weighted by Crippen LogP contribution is -2.65. The van der Waals surface area contributed by atoms with E-state index in [9.17, 15) is 75.4 Å². The van der Waals surface area contributed by atoms with Crippen molar-refractivity contribution in [1.29, 1.82) is 0 Å².